The average Bonchev–Trinajstić information content (AvgIpc) is 3.02. The van der Waals surface area contributed by atoms with Gasteiger partial charge in [-0.1, -0.05) is 12.1 Å². The van der Waals surface area contributed by atoms with E-state index in [4.69, 9.17) is 9.47 Å². The summed E-state index contributed by atoms with van der Waals surface area (Å²) < 4.78 is 25.2. The lowest BCUT2D eigenvalue weighted by atomic mass is 9.88. The van der Waals surface area contributed by atoms with Crippen LogP contribution >= 0.6 is 0 Å². The van der Waals surface area contributed by atoms with Crippen LogP contribution in [-0.4, -0.2) is 41.3 Å². The molecule has 2 saturated heterocycles. The SMILES string of the molecule is Fc1ccc(CN2CCC3(CC2)CC(Oc2cccnc2)CO3)cc1. The first-order valence-electron chi connectivity index (χ1n) is 8.88. The van der Waals surface area contributed by atoms with Crippen molar-refractivity contribution in [1.82, 2.24) is 9.88 Å². The van der Waals surface area contributed by atoms with E-state index in [9.17, 15) is 4.39 Å². The Balaban J connectivity index is 1.29. The molecule has 132 valence electrons. The fourth-order valence-corrected chi connectivity index (χ4v) is 3.80. The summed E-state index contributed by atoms with van der Waals surface area (Å²) in [7, 11) is 0. The van der Waals surface area contributed by atoms with Crippen LogP contribution in [0.4, 0.5) is 4.39 Å². The monoisotopic (exact) mass is 342 g/mol. The third-order valence-corrected chi connectivity index (χ3v) is 5.20. The van der Waals surface area contributed by atoms with Crippen molar-refractivity contribution in [3.05, 3.63) is 60.2 Å². The minimum atomic E-state index is -0.180. The molecule has 1 atom stereocenters. The summed E-state index contributed by atoms with van der Waals surface area (Å²) in [6.07, 6.45) is 6.56. The number of benzene rings is 1. The van der Waals surface area contributed by atoms with Crippen molar-refractivity contribution in [1.29, 1.82) is 0 Å². The summed E-state index contributed by atoms with van der Waals surface area (Å²) in [4.78, 5) is 6.50. The van der Waals surface area contributed by atoms with Crippen LogP contribution in [0, 0.1) is 5.82 Å². The lowest BCUT2D eigenvalue weighted by Gasteiger charge is -2.38. The van der Waals surface area contributed by atoms with Crippen molar-refractivity contribution >= 4 is 0 Å². The first-order chi connectivity index (χ1) is 12.2. The predicted octanol–water partition coefficient (Wildman–Crippen LogP) is 3.42. The molecule has 0 amide bonds. The minimum Gasteiger partial charge on any atom is -0.486 e. The highest BCUT2D eigenvalue weighted by Gasteiger charge is 2.43. The minimum absolute atomic E-state index is 0.0494. The summed E-state index contributed by atoms with van der Waals surface area (Å²) in [6.45, 7) is 3.51. The second-order valence-corrected chi connectivity index (χ2v) is 7.03. The first-order valence-corrected chi connectivity index (χ1v) is 8.88. The topological polar surface area (TPSA) is 34.6 Å². The fraction of sp³-hybridized carbons (Fsp3) is 0.450. The second-order valence-electron chi connectivity index (χ2n) is 7.03. The van der Waals surface area contributed by atoms with Gasteiger partial charge < -0.3 is 9.47 Å². The molecular formula is C20H23FN2O2. The highest BCUT2D eigenvalue weighted by atomic mass is 19.1. The molecule has 4 nitrogen and oxygen atoms in total. The van der Waals surface area contributed by atoms with Gasteiger partial charge in [-0.3, -0.25) is 9.88 Å². The van der Waals surface area contributed by atoms with Gasteiger partial charge >= 0.3 is 0 Å². The first kappa shape index (κ1) is 16.5. The Morgan fingerprint density at radius 3 is 2.72 bits per heavy atom. The van der Waals surface area contributed by atoms with Crippen molar-refractivity contribution in [2.75, 3.05) is 19.7 Å². The van der Waals surface area contributed by atoms with Crippen LogP contribution < -0.4 is 4.74 Å². The van der Waals surface area contributed by atoms with Gasteiger partial charge in [-0.05, 0) is 42.7 Å². The third kappa shape index (κ3) is 3.99. The summed E-state index contributed by atoms with van der Waals surface area (Å²) in [6, 6.07) is 10.6. The van der Waals surface area contributed by atoms with Crippen LogP contribution in [0.25, 0.3) is 0 Å². The lowest BCUT2D eigenvalue weighted by Crippen LogP contribution is -2.44. The van der Waals surface area contributed by atoms with E-state index in [1.165, 1.54) is 12.1 Å². The number of ether oxygens (including phenoxy) is 2. The van der Waals surface area contributed by atoms with Crippen molar-refractivity contribution in [2.45, 2.75) is 37.5 Å². The van der Waals surface area contributed by atoms with Gasteiger partial charge in [0.05, 0.1) is 18.4 Å². The van der Waals surface area contributed by atoms with Gasteiger partial charge in [-0.25, -0.2) is 4.39 Å². The zero-order valence-corrected chi connectivity index (χ0v) is 14.2. The molecule has 25 heavy (non-hydrogen) atoms. The maximum atomic E-state index is 13.0. The molecule has 0 N–H and O–H groups in total. The highest BCUT2D eigenvalue weighted by molar-refractivity contribution is 5.17. The zero-order valence-electron chi connectivity index (χ0n) is 14.2. The van der Waals surface area contributed by atoms with Gasteiger partial charge in [0.1, 0.15) is 17.7 Å². The smallest absolute Gasteiger partial charge is 0.138 e. The number of aromatic nitrogens is 1. The molecule has 5 heteroatoms. The van der Waals surface area contributed by atoms with Crippen LogP contribution in [-0.2, 0) is 11.3 Å². The molecular weight excluding hydrogens is 319 g/mol. The second kappa shape index (κ2) is 7.10. The molecule has 1 aromatic heterocycles. The third-order valence-electron chi connectivity index (χ3n) is 5.20. The van der Waals surface area contributed by atoms with Gasteiger partial charge in [-0.2, -0.15) is 0 Å². The Morgan fingerprint density at radius 1 is 1.20 bits per heavy atom. The summed E-state index contributed by atoms with van der Waals surface area (Å²) >= 11 is 0. The van der Waals surface area contributed by atoms with Crippen molar-refractivity contribution in [2.24, 2.45) is 0 Å². The number of hydrogen-bond donors (Lipinski definition) is 0. The van der Waals surface area contributed by atoms with Crippen LogP contribution in [0.1, 0.15) is 24.8 Å². The predicted molar refractivity (Wildman–Crippen MR) is 92.9 cm³/mol. The number of rotatable bonds is 4. The van der Waals surface area contributed by atoms with E-state index >= 15 is 0 Å². The molecule has 0 saturated carbocycles. The van der Waals surface area contributed by atoms with Gasteiger partial charge in [-0.15, -0.1) is 0 Å². The number of piperidine rings is 1. The van der Waals surface area contributed by atoms with Crippen LogP contribution in [0.3, 0.4) is 0 Å². The van der Waals surface area contributed by atoms with E-state index in [0.29, 0.717) is 6.61 Å². The quantitative estimate of drug-likeness (QED) is 0.853. The molecule has 0 bridgehead atoms. The number of nitrogens with zero attached hydrogens (tertiary/aromatic N) is 2. The van der Waals surface area contributed by atoms with Crippen LogP contribution in [0.15, 0.2) is 48.8 Å². The molecule has 2 aliphatic rings. The van der Waals surface area contributed by atoms with E-state index < -0.39 is 0 Å². The van der Waals surface area contributed by atoms with E-state index in [1.807, 2.05) is 24.3 Å². The van der Waals surface area contributed by atoms with E-state index in [0.717, 1.165) is 50.2 Å². The normalized spacial score (nSPS) is 23.0. The maximum absolute atomic E-state index is 13.0. The summed E-state index contributed by atoms with van der Waals surface area (Å²) in [5, 5.41) is 0. The lowest BCUT2D eigenvalue weighted by molar-refractivity contribution is -0.0454. The van der Waals surface area contributed by atoms with E-state index in [1.54, 1.807) is 12.4 Å². The molecule has 2 aliphatic heterocycles. The Bertz CT molecular complexity index is 685. The van der Waals surface area contributed by atoms with E-state index in [-0.39, 0.29) is 17.5 Å². The Hall–Kier alpha value is -1.98. The maximum Gasteiger partial charge on any atom is 0.138 e. The summed E-state index contributed by atoms with van der Waals surface area (Å²) in [5.41, 5.74) is 1.11. The van der Waals surface area contributed by atoms with Crippen molar-refractivity contribution < 1.29 is 13.9 Å². The zero-order chi connectivity index (χ0) is 17.1. The van der Waals surface area contributed by atoms with Gasteiger partial charge in [0, 0.05) is 32.3 Å². The van der Waals surface area contributed by atoms with Gasteiger partial charge in [0.2, 0.25) is 0 Å². The molecule has 1 unspecified atom stereocenters. The van der Waals surface area contributed by atoms with Crippen molar-refractivity contribution in [3.63, 3.8) is 0 Å². The number of halogens is 1. The highest BCUT2D eigenvalue weighted by Crippen LogP contribution is 2.37. The molecule has 3 heterocycles. The standard InChI is InChI=1S/C20H23FN2O2/c21-17-5-3-16(4-6-17)14-23-10-7-20(8-11-23)12-19(15-24-20)25-18-2-1-9-22-13-18/h1-6,9,13,19H,7-8,10-12,14-15H2. The molecule has 0 radical (unpaired) electrons. The van der Waals surface area contributed by atoms with E-state index in [2.05, 4.69) is 9.88 Å². The Morgan fingerprint density at radius 2 is 2.00 bits per heavy atom. The molecule has 4 rings (SSSR count). The largest absolute Gasteiger partial charge is 0.486 e. The number of likely N-dealkylation sites (tertiary alicyclic amines) is 1. The Labute approximate surface area is 147 Å². The number of hydrogen-bond acceptors (Lipinski definition) is 4. The Kier molecular flexibility index (Phi) is 4.68. The van der Waals surface area contributed by atoms with Crippen molar-refractivity contribution in [3.8, 4) is 5.75 Å². The summed E-state index contributed by atoms with van der Waals surface area (Å²) in [5.74, 6) is 0.627. The number of pyridine rings is 1. The van der Waals surface area contributed by atoms with Crippen LogP contribution in [0.5, 0.6) is 5.75 Å². The molecule has 1 aromatic carbocycles. The molecule has 2 fully saturated rings. The average molecular weight is 342 g/mol. The van der Waals surface area contributed by atoms with Crippen LogP contribution in [0.2, 0.25) is 0 Å². The van der Waals surface area contributed by atoms with Gasteiger partial charge in [0.25, 0.3) is 0 Å². The van der Waals surface area contributed by atoms with Gasteiger partial charge in [0.15, 0.2) is 0 Å². The molecule has 2 aromatic rings. The molecule has 1 spiro atoms. The molecule has 0 aliphatic carbocycles. The fourth-order valence-electron chi connectivity index (χ4n) is 3.80.